The van der Waals surface area contributed by atoms with Gasteiger partial charge in [0.05, 0.1) is 0 Å². The molecule has 0 aromatic heterocycles. The summed E-state index contributed by atoms with van der Waals surface area (Å²) < 4.78 is 0. The van der Waals surface area contributed by atoms with Gasteiger partial charge in [0.25, 0.3) is 0 Å². The lowest BCUT2D eigenvalue weighted by molar-refractivity contribution is 0.539. The van der Waals surface area contributed by atoms with E-state index in [1.807, 2.05) is 6.92 Å². The molecular formula is C15H22. The van der Waals surface area contributed by atoms with Gasteiger partial charge in [0, 0.05) is 0 Å². The summed E-state index contributed by atoms with van der Waals surface area (Å²) in [6, 6.07) is 0. The zero-order valence-electron chi connectivity index (χ0n) is 10.2. The molecule has 0 aromatic rings. The van der Waals surface area contributed by atoms with Crippen molar-refractivity contribution in [3.63, 3.8) is 0 Å². The van der Waals surface area contributed by atoms with Crippen LogP contribution in [0.5, 0.6) is 0 Å². The Morgan fingerprint density at radius 1 is 1.47 bits per heavy atom. The van der Waals surface area contributed by atoms with Gasteiger partial charge in [-0.15, -0.1) is 0 Å². The number of hydrogen-bond donors (Lipinski definition) is 0. The maximum absolute atomic E-state index is 3.85. The van der Waals surface area contributed by atoms with E-state index in [1.165, 1.54) is 24.8 Å². The fourth-order valence-electron chi connectivity index (χ4n) is 1.88. The van der Waals surface area contributed by atoms with Crippen molar-refractivity contribution < 1.29 is 0 Å². The van der Waals surface area contributed by atoms with Crippen LogP contribution in [0.3, 0.4) is 0 Å². The van der Waals surface area contributed by atoms with Gasteiger partial charge in [-0.25, -0.2) is 0 Å². The maximum Gasteiger partial charge on any atom is -0.0165 e. The van der Waals surface area contributed by atoms with E-state index < -0.39 is 0 Å². The first kappa shape index (κ1) is 12.0. The highest BCUT2D eigenvalue weighted by Crippen LogP contribution is 2.28. The minimum atomic E-state index is 0.753. The lowest BCUT2D eigenvalue weighted by atomic mass is 9.85. The van der Waals surface area contributed by atoms with Crippen molar-refractivity contribution in [2.45, 2.75) is 40.0 Å². The van der Waals surface area contributed by atoms with Gasteiger partial charge >= 0.3 is 0 Å². The fourth-order valence-corrected chi connectivity index (χ4v) is 1.88. The molecule has 0 aliphatic heterocycles. The Labute approximate surface area is 94.1 Å². The smallest absolute Gasteiger partial charge is 0.0165 e. The molecule has 0 heterocycles. The summed E-state index contributed by atoms with van der Waals surface area (Å²) in [5.74, 6) is 0.753. The Hall–Kier alpha value is -1.04. The van der Waals surface area contributed by atoms with Gasteiger partial charge in [-0.2, -0.15) is 0 Å². The van der Waals surface area contributed by atoms with Gasteiger partial charge in [0.15, 0.2) is 0 Å². The molecule has 0 radical (unpaired) electrons. The van der Waals surface area contributed by atoms with Gasteiger partial charge in [0.1, 0.15) is 0 Å². The van der Waals surface area contributed by atoms with E-state index in [-0.39, 0.29) is 0 Å². The van der Waals surface area contributed by atoms with Crippen LogP contribution in [0.15, 0.2) is 47.6 Å². The molecule has 0 aromatic carbocycles. The van der Waals surface area contributed by atoms with Crippen LogP contribution in [-0.2, 0) is 0 Å². The molecule has 0 bridgehead atoms. The Kier molecular flexibility index (Phi) is 4.61. The Bertz CT molecular complexity index is 313. The quantitative estimate of drug-likeness (QED) is 0.455. The van der Waals surface area contributed by atoms with Crippen molar-refractivity contribution in [3.8, 4) is 0 Å². The molecule has 1 unspecified atom stereocenters. The van der Waals surface area contributed by atoms with Crippen molar-refractivity contribution >= 4 is 0 Å². The molecule has 0 N–H and O–H groups in total. The van der Waals surface area contributed by atoms with Crippen LogP contribution in [0.4, 0.5) is 0 Å². The third-order valence-corrected chi connectivity index (χ3v) is 3.02. The molecule has 0 amide bonds. The van der Waals surface area contributed by atoms with E-state index in [0.717, 1.165) is 11.5 Å². The first-order valence-corrected chi connectivity index (χ1v) is 5.75. The van der Waals surface area contributed by atoms with Gasteiger partial charge < -0.3 is 0 Å². The van der Waals surface area contributed by atoms with Crippen LogP contribution >= 0.6 is 0 Å². The second kappa shape index (κ2) is 5.75. The van der Waals surface area contributed by atoms with Crippen LogP contribution < -0.4 is 0 Å². The average molecular weight is 202 g/mol. The molecule has 0 nitrogen and oxygen atoms in total. The van der Waals surface area contributed by atoms with Crippen LogP contribution in [0, 0.1) is 5.92 Å². The monoisotopic (exact) mass is 202 g/mol. The molecule has 1 atom stereocenters. The van der Waals surface area contributed by atoms with Crippen LogP contribution in [0.2, 0.25) is 0 Å². The summed E-state index contributed by atoms with van der Waals surface area (Å²) in [7, 11) is 0. The van der Waals surface area contributed by atoms with E-state index >= 15 is 0 Å². The molecule has 0 saturated heterocycles. The Morgan fingerprint density at radius 2 is 2.20 bits per heavy atom. The lowest BCUT2D eigenvalue weighted by Gasteiger charge is -2.20. The predicted octanol–water partition coefficient (Wildman–Crippen LogP) is 4.81. The molecule has 1 aliphatic carbocycles. The molecular weight excluding hydrogens is 180 g/mol. The number of rotatable bonds is 3. The molecule has 0 spiro atoms. The van der Waals surface area contributed by atoms with E-state index in [1.54, 1.807) is 5.57 Å². The first-order valence-electron chi connectivity index (χ1n) is 5.75. The summed E-state index contributed by atoms with van der Waals surface area (Å²) in [6.07, 6.45) is 12.6. The Balaban J connectivity index is 2.54. The van der Waals surface area contributed by atoms with Crippen molar-refractivity contribution in [1.82, 2.24) is 0 Å². The van der Waals surface area contributed by atoms with Crippen molar-refractivity contribution in [2.75, 3.05) is 0 Å². The molecule has 1 rings (SSSR count). The first-order chi connectivity index (χ1) is 7.09. The van der Waals surface area contributed by atoms with Crippen molar-refractivity contribution in [1.29, 1.82) is 0 Å². The minimum Gasteiger partial charge on any atom is -0.0961 e. The van der Waals surface area contributed by atoms with Gasteiger partial charge in [-0.05, 0) is 46.0 Å². The van der Waals surface area contributed by atoms with E-state index in [9.17, 15) is 0 Å². The highest BCUT2D eigenvalue weighted by atomic mass is 14.2. The molecule has 0 fully saturated rings. The fraction of sp³-hybridized carbons (Fsp3) is 0.467. The largest absolute Gasteiger partial charge is 0.0961 e. The highest BCUT2D eigenvalue weighted by Gasteiger charge is 2.13. The normalized spacial score (nSPS) is 23.0. The lowest BCUT2D eigenvalue weighted by Crippen LogP contribution is -2.05. The zero-order chi connectivity index (χ0) is 11.3. The zero-order valence-corrected chi connectivity index (χ0v) is 10.2. The van der Waals surface area contributed by atoms with Gasteiger partial charge in [-0.1, -0.05) is 47.6 Å². The van der Waals surface area contributed by atoms with Crippen LogP contribution in [0.1, 0.15) is 40.0 Å². The SMILES string of the molecule is C=C(C)C=CC=C(C)C1CC=C(C)CC1. The standard InChI is InChI=1S/C15H22/c1-12(2)6-5-7-14(4)15-10-8-13(3)9-11-15/h5-8,15H,1,9-11H2,2-4H3. The number of hydrogen-bond acceptors (Lipinski definition) is 0. The molecule has 82 valence electrons. The Morgan fingerprint density at radius 3 is 2.73 bits per heavy atom. The minimum absolute atomic E-state index is 0.753. The highest BCUT2D eigenvalue weighted by molar-refractivity contribution is 5.22. The van der Waals surface area contributed by atoms with Crippen LogP contribution in [-0.4, -0.2) is 0 Å². The summed E-state index contributed by atoms with van der Waals surface area (Å²) in [5, 5.41) is 0. The van der Waals surface area contributed by atoms with Gasteiger partial charge in [0.2, 0.25) is 0 Å². The molecule has 0 saturated carbocycles. The topological polar surface area (TPSA) is 0 Å². The number of allylic oxidation sites excluding steroid dienone is 7. The summed E-state index contributed by atoms with van der Waals surface area (Å²) in [6.45, 7) is 10.3. The van der Waals surface area contributed by atoms with E-state index in [0.29, 0.717) is 0 Å². The molecule has 1 aliphatic rings. The van der Waals surface area contributed by atoms with E-state index in [2.05, 4.69) is 44.7 Å². The average Bonchev–Trinajstić information content (AvgIpc) is 2.18. The summed E-state index contributed by atoms with van der Waals surface area (Å²) in [5.41, 5.74) is 4.16. The maximum atomic E-state index is 3.85. The predicted molar refractivity (Wildman–Crippen MR) is 68.8 cm³/mol. The third kappa shape index (κ3) is 4.33. The van der Waals surface area contributed by atoms with Crippen molar-refractivity contribution in [3.05, 3.63) is 47.6 Å². The second-order valence-corrected chi connectivity index (χ2v) is 4.64. The molecule has 15 heavy (non-hydrogen) atoms. The summed E-state index contributed by atoms with van der Waals surface area (Å²) >= 11 is 0. The molecule has 0 heteroatoms. The van der Waals surface area contributed by atoms with E-state index in [4.69, 9.17) is 0 Å². The van der Waals surface area contributed by atoms with Crippen LogP contribution in [0.25, 0.3) is 0 Å². The van der Waals surface area contributed by atoms with Gasteiger partial charge in [-0.3, -0.25) is 0 Å². The summed E-state index contributed by atoms with van der Waals surface area (Å²) in [4.78, 5) is 0. The van der Waals surface area contributed by atoms with Crippen molar-refractivity contribution in [2.24, 2.45) is 5.92 Å². The third-order valence-electron chi connectivity index (χ3n) is 3.02. The second-order valence-electron chi connectivity index (χ2n) is 4.64.